The lowest BCUT2D eigenvalue weighted by Gasteiger charge is -2.12. The third kappa shape index (κ3) is 4.93. The molecule has 2 N–H and O–H groups in total. The number of amides is 1. The zero-order valence-corrected chi connectivity index (χ0v) is 12.4. The summed E-state index contributed by atoms with van der Waals surface area (Å²) >= 11 is 0. The number of hydrogen-bond acceptors (Lipinski definition) is 4. The standard InChI is InChI=1S/C16H19NO4/c1-11-7-8-14(10-13(11)6-4-5-9-18)15(19)17-12(2)16(20)21-3/h7-8,10,12,18H,5,9H2,1-3H3,(H,17,19). The molecule has 0 aliphatic carbocycles. The number of methoxy groups -OCH3 is 1. The van der Waals surface area contributed by atoms with Crippen LogP contribution in [0.15, 0.2) is 18.2 Å². The minimum absolute atomic E-state index is 0.00285. The van der Waals surface area contributed by atoms with Gasteiger partial charge in [0.25, 0.3) is 5.91 Å². The topological polar surface area (TPSA) is 75.6 Å². The molecule has 0 aliphatic heterocycles. The first kappa shape index (κ1) is 16.7. The largest absolute Gasteiger partial charge is 0.467 e. The fraction of sp³-hybridized carbons (Fsp3) is 0.375. The van der Waals surface area contributed by atoms with Gasteiger partial charge in [0.2, 0.25) is 0 Å². The molecule has 0 heterocycles. The van der Waals surface area contributed by atoms with Gasteiger partial charge in [-0.25, -0.2) is 4.79 Å². The zero-order chi connectivity index (χ0) is 15.8. The van der Waals surface area contributed by atoms with Gasteiger partial charge in [-0.15, -0.1) is 0 Å². The highest BCUT2D eigenvalue weighted by Gasteiger charge is 2.17. The number of ether oxygens (including phenoxy) is 1. The zero-order valence-electron chi connectivity index (χ0n) is 12.4. The Balaban J connectivity index is 2.89. The van der Waals surface area contributed by atoms with Crippen LogP contribution in [0.5, 0.6) is 0 Å². The fourth-order valence-corrected chi connectivity index (χ4v) is 1.63. The fourth-order valence-electron chi connectivity index (χ4n) is 1.63. The first-order chi connectivity index (χ1) is 9.99. The highest BCUT2D eigenvalue weighted by Crippen LogP contribution is 2.10. The van der Waals surface area contributed by atoms with Crippen molar-refractivity contribution in [3.63, 3.8) is 0 Å². The molecule has 1 rings (SSSR count). The van der Waals surface area contributed by atoms with Crippen molar-refractivity contribution < 1.29 is 19.4 Å². The molecule has 0 aromatic heterocycles. The minimum Gasteiger partial charge on any atom is -0.467 e. The summed E-state index contributed by atoms with van der Waals surface area (Å²) in [5, 5.41) is 11.3. The monoisotopic (exact) mass is 289 g/mol. The molecule has 5 nitrogen and oxygen atoms in total. The lowest BCUT2D eigenvalue weighted by atomic mass is 10.0. The molecule has 1 aromatic carbocycles. The van der Waals surface area contributed by atoms with E-state index in [0.29, 0.717) is 12.0 Å². The number of hydrogen-bond donors (Lipinski definition) is 2. The van der Waals surface area contributed by atoms with Crippen molar-refractivity contribution in [2.24, 2.45) is 0 Å². The number of esters is 1. The maximum absolute atomic E-state index is 12.1. The van der Waals surface area contributed by atoms with Crippen molar-refractivity contribution in [3.05, 3.63) is 34.9 Å². The summed E-state index contributed by atoms with van der Waals surface area (Å²) in [6.45, 7) is 3.45. The molecule has 5 heteroatoms. The van der Waals surface area contributed by atoms with Gasteiger partial charge in [0, 0.05) is 17.5 Å². The number of nitrogens with one attached hydrogen (secondary N) is 1. The first-order valence-electron chi connectivity index (χ1n) is 6.58. The van der Waals surface area contributed by atoms with E-state index in [1.807, 2.05) is 6.92 Å². The molecule has 1 amide bonds. The second-order valence-corrected chi connectivity index (χ2v) is 4.52. The van der Waals surface area contributed by atoms with Crippen molar-refractivity contribution in [1.82, 2.24) is 5.32 Å². The van der Waals surface area contributed by atoms with E-state index in [2.05, 4.69) is 21.9 Å². The van der Waals surface area contributed by atoms with Crippen LogP contribution in [0.25, 0.3) is 0 Å². The van der Waals surface area contributed by atoms with Crippen LogP contribution >= 0.6 is 0 Å². The highest BCUT2D eigenvalue weighted by molar-refractivity contribution is 5.97. The molecule has 0 saturated carbocycles. The number of carbonyl (C=O) groups excluding carboxylic acids is 2. The number of aliphatic hydroxyl groups excluding tert-OH is 1. The predicted octanol–water partition coefficient (Wildman–Crippen LogP) is 1.02. The van der Waals surface area contributed by atoms with Gasteiger partial charge >= 0.3 is 5.97 Å². The molecule has 1 unspecified atom stereocenters. The van der Waals surface area contributed by atoms with Gasteiger partial charge in [0.15, 0.2) is 0 Å². The summed E-state index contributed by atoms with van der Waals surface area (Å²) in [5.74, 6) is 4.87. The van der Waals surface area contributed by atoms with Crippen LogP contribution in [-0.2, 0) is 9.53 Å². The van der Waals surface area contributed by atoms with Crippen LogP contribution in [-0.4, -0.2) is 36.7 Å². The van der Waals surface area contributed by atoms with Crippen LogP contribution in [0.4, 0.5) is 0 Å². The van der Waals surface area contributed by atoms with Crippen molar-refractivity contribution in [2.75, 3.05) is 13.7 Å². The molecule has 1 aromatic rings. The van der Waals surface area contributed by atoms with Crippen molar-refractivity contribution in [2.45, 2.75) is 26.3 Å². The van der Waals surface area contributed by atoms with Gasteiger partial charge in [-0.3, -0.25) is 4.79 Å². The van der Waals surface area contributed by atoms with Crippen LogP contribution in [0, 0.1) is 18.8 Å². The van der Waals surface area contributed by atoms with Crippen molar-refractivity contribution >= 4 is 11.9 Å². The van der Waals surface area contributed by atoms with Gasteiger partial charge in [0.05, 0.1) is 13.7 Å². The average Bonchev–Trinajstić information content (AvgIpc) is 2.48. The Morgan fingerprint density at radius 1 is 1.43 bits per heavy atom. The maximum atomic E-state index is 12.1. The molecule has 0 fully saturated rings. The summed E-state index contributed by atoms with van der Waals surface area (Å²) in [7, 11) is 1.27. The number of aryl methyl sites for hydroxylation is 1. The number of aliphatic hydroxyl groups is 1. The van der Waals surface area contributed by atoms with Crippen molar-refractivity contribution in [1.29, 1.82) is 0 Å². The molecular weight excluding hydrogens is 270 g/mol. The maximum Gasteiger partial charge on any atom is 0.328 e. The number of carbonyl (C=O) groups is 2. The molecule has 112 valence electrons. The summed E-state index contributed by atoms with van der Waals surface area (Å²) in [6, 6.07) is 4.42. The van der Waals surface area contributed by atoms with Gasteiger partial charge in [-0.1, -0.05) is 17.9 Å². The Hall–Kier alpha value is -2.32. The van der Waals surface area contributed by atoms with E-state index in [0.717, 1.165) is 11.1 Å². The van der Waals surface area contributed by atoms with Crippen LogP contribution in [0.2, 0.25) is 0 Å². The van der Waals surface area contributed by atoms with E-state index in [-0.39, 0.29) is 12.5 Å². The van der Waals surface area contributed by atoms with Crippen molar-refractivity contribution in [3.8, 4) is 11.8 Å². The molecule has 0 aliphatic rings. The Kier molecular flexibility index (Phi) is 6.44. The molecule has 1 atom stereocenters. The van der Waals surface area contributed by atoms with Gasteiger partial charge < -0.3 is 15.2 Å². The second kappa shape index (κ2) is 8.08. The van der Waals surface area contributed by atoms with Crippen LogP contribution in [0.3, 0.4) is 0 Å². The molecule has 21 heavy (non-hydrogen) atoms. The SMILES string of the molecule is COC(=O)C(C)NC(=O)c1ccc(C)c(C#CCCO)c1. The third-order valence-corrected chi connectivity index (χ3v) is 2.86. The van der Waals surface area contributed by atoms with E-state index in [9.17, 15) is 9.59 Å². The average molecular weight is 289 g/mol. The summed E-state index contributed by atoms with van der Waals surface area (Å²) in [4.78, 5) is 23.4. The van der Waals surface area contributed by atoms with Crippen LogP contribution in [0.1, 0.15) is 34.8 Å². The number of rotatable bonds is 4. The summed E-state index contributed by atoms with van der Waals surface area (Å²) in [5.41, 5.74) is 2.09. The summed E-state index contributed by atoms with van der Waals surface area (Å²) < 4.78 is 4.56. The van der Waals surface area contributed by atoms with Gasteiger partial charge in [0.1, 0.15) is 6.04 Å². The molecular formula is C16H19NO4. The van der Waals surface area contributed by atoms with Crippen LogP contribution < -0.4 is 5.32 Å². The van der Waals surface area contributed by atoms with E-state index >= 15 is 0 Å². The second-order valence-electron chi connectivity index (χ2n) is 4.52. The Labute approximate surface area is 124 Å². The quantitative estimate of drug-likeness (QED) is 0.641. The Bertz CT molecular complexity index is 584. The van der Waals surface area contributed by atoms with E-state index in [1.54, 1.807) is 25.1 Å². The summed E-state index contributed by atoms with van der Waals surface area (Å²) in [6.07, 6.45) is 0.384. The smallest absolute Gasteiger partial charge is 0.328 e. The molecule has 0 saturated heterocycles. The van der Waals surface area contributed by atoms with E-state index in [1.165, 1.54) is 7.11 Å². The van der Waals surface area contributed by atoms with E-state index in [4.69, 9.17) is 5.11 Å². The molecule has 0 spiro atoms. The lowest BCUT2D eigenvalue weighted by molar-refractivity contribution is -0.142. The minimum atomic E-state index is -0.715. The lowest BCUT2D eigenvalue weighted by Crippen LogP contribution is -2.39. The normalized spacial score (nSPS) is 11.0. The van der Waals surface area contributed by atoms with Gasteiger partial charge in [-0.2, -0.15) is 0 Å². The Morgan fingerprint density at radius 2 is 2.14 bits per heavy atom. The predicted molar refractivity (Wildman–Crippen MR) is 78.7 cm³/mol. The van der Waals surface area contributed by atoms with Gasteiger partial charge in [-0.05, 0) is 31.5 Å². The Morgan fingerprint density at radius 3 is 2.76 bits per heavy atom. The first-order valence-corrected chi connectivity index (χ1v) is 6.58. The highest BCUT2D eigenvalue weighted by atomic mass is 16.5. The third-order valence-electron chi connectivity index (χ3n) is 2.86. The molecule has 0 bridgehead atoms. The van der Waals surface area contributed by atoms with E-state index < -0.39 is 12.0 Å². The molecule has 0 radical (unpaired) electrons. The number of benzene rings is 1.